The van der Waals surface area contributed by atoms with Crippen LogP contribution in [-0.4, -0.2) is 25.7 Å². The molecule has 6 nitrogen and oxygen atoms in total. The van der Waals surface area contributed by atoms with Crippen LogP contribution >= 0.6 is 22.9 Å². The molecular weight excluding hydrogens is 327 g/mol. The Bertz CT molecular complexity index is 706. The van der Waals surface area contributed by atoms with Crippen molar-refractivity contribution >= 4 is 38.1 Å². The first-order valence-corrected chi connectivity index (χ1v) is 8.09. The quantitative estimate of drug-likeness (QED) is 0.870. The van der Waals surface area contributed by atoms with Crippen molar-refractivity contribution in [2.75, 3.05) is 11.8 Å². The molecule has 0 spiro atoms. The van der Waals surface area contributed by atoms with Gasteiger partial charge < -0.3 is 5.32 Å². The Kier molecular flexibility index (Phi) is 4.53. The van der Waals surface area contributed by atoms with E-state index in [1.807, 2.05) is 0 Å². The molecule has 2 N–H and O–H groups in total. The van der Waals surface area contributed by atoms with Crippen molar-refractivity contribution in [3.63, 3.8) is 0 Å². The van der Waals surface area contributed by atoms with E-state index in [1.165, 1.54) is 11.6 Å². The van der Waals surface area contributed by atoms with Crippen molar-refractivity contribution in [3.8, 4) is 0 Å². The van der Waals surface area contributed by atoms with Crippen LogP contribution in [0.3, 0.4) is 0 Å². The Morgan fingerprint density at radius 2 is 2.20 bits per heavy atom. The summed E-state index contributed by atoms with van der Waals surface area (Å²) in [4.78, 5) is -0.222. The zero-order chi connectivity index (χ0) is 14.8. The Balaban J connectivity index is 2.41. The second kappa shape index (κ2) is 6.00. The first-order chi connectivity index (χ1) is 9.44. The molecule has 0 saturated heterocycles. The Labute approximate surface area is 124 Å². The summed E-state index contributed by atoms with van der Waals surface area (Å²) in [5.41, 5.74) is 1.74. The third-order valence-electron chi connectivity index (χ3n) is 2.34. The van der Waals surface area contributed by atoms with E-state index in [1.54, 1.807) is 7.05 Å². The van der Waals surface area contributed by atoms with Crippen molar-refractivity contribution in [2.45, 2.75) is 11.4 Å². The van der Waals surface area contributed by atoms with Gasteiger partial charge in [0.25, 0.3) is 10.0 Å². The number of hydrogen-bond donors (Lipinski definition) is 2. The fraction of sp³-hybridized carbons (Fsp3) is 0.200. The highest BCUT2D eigenvalue weighted by Gasteiger charge is 2.20. The summed E-state index contributed by atoms with van der Waals surface area (Å²) in [7, 11) is -2.28. The van der Waals surface area contributed by atoms with Crippen LogP contribution in [0.2, 0.25) is 5.02 Å². The summed E-state index contributed by atoms with van der Waals surface area (Å²) in [6.45, 7) is 0.248. The van der Waals surface area contributed by atoms with Crippen molar-refractivity contribution in [3.05, 3.63) is 34.0 Å². The van der Waals surface area contributed by atoms with E-state index in [0.717, 1.165) is 17.4 Å². The first kappa shape index (κ1) is 15.1. The third-order valence-corrected chi connectivity index (χ3v) is 4.81. The Morgan fingerprint density at radius 3 is 2.80 bits per heavy atom. The average Bonchev–Trinajstić information content (AvgIpc) is 2.87. The molecule has 0 unspecified atom stereocenters. The molecule has 0 aliphatic heterocycles. The number of aromatic nitrogens is 2. The number of halogens is 2. The van der Waals surface area contributed by atoms with E-state index >= 15 is 0 Å². The van der Waals surface area contributed by atoms with Gasteiger partial charge in [0.1, 0.15) is 11.3 Å². The number of hydrogen-bond acceptors (Lipinski definition) is 6. The minimum atomic E-state index is -3.93. The highest BCUT2D eigenvalue weighted by Crippen LogP contribution is 2.25. The monoisotopic (exact) mass is 336 g/mol. The minimum Gasteiger partial charge on any atom is -0.316 e. The molecule has 1 heterocycles. The van der Waals surface area contributed by atoms with Crippen LogP contribution in [0.5, 0.6) is 0 Å². The number of sulfonamides is 1. The van der Waals surface area contributed by atoms with Crippen LogP contribution in [0.4, 0.5) is 9.52 Å². The van der Waals surface area contributed by atoms with E-state index in [0.29, 0.717) is 5.56 Å². The Hall–Kier alpha value is -1.29. The number of nitrogens with one attached hydrogen (secondary N) is 2. The van der Waals surface area contributed by atoms with Crippen LogP contribution in [0.15, 0.2) is 22.5 Å². The van der Waals surface area contributed by atoms with Gasteiger partial charge in [0.15, 0.2) is 0 Å². The SMILES string of the molecule is CNCc1cc(S(=O)(=O)Nc2nncs2)cc(F)c1Cl. The summed E-state index contributed by atoms with van der Waals surface area (Å²) in [6.07, 6.45) is 0. The van der Waals surface area contributed by atoms with Gasteiger partial charge in [0.2, 0.25) is 5.13 Å². The van der Waals surface area contributed by atoms with Gasteiger partial charge in [-0.1, -0.05) is 22.9 Å². The van der Waals surface area contributed by atoms with E-state index in [-0.39, 0.29) is 21.6 Å². The molecule has 1 aromatic carbocycles. The molecule has 2 rings (SSSR count). The molecule has 1 aromatic heterocycles. The topological polar surface area (TPSA) is 84.0 Å². The molecule has 20 heavy (non-hydrogen) atoms. The molecule has 0 bridgehead atoms. The van der Waals surface area contributed by atoms with Crippen molar-refractivity contribution in [1.29, 1.82) is 0 Å². The highest BCUT2D eigenvalue weighted by atomic mass is 35.5. The predicted molar refractivity (Wildman–Crippen MR) is 74.9 cm³/mol. The smallest absolute Gasteiger partial charge is 0.263 e. The van der Waals surface area contributed by atoms with Gasteiger partial charge in [-0.05, 0) is 24.7 Å². The van der Waals surface area contributed by atoms with Gasteiger partial charge >= 0.3 is 0 Å². The maximum Gasteiger partial charge on any atom is 0.263 e. The van der Waals surface area contributed by atoms with Gasteiger partial charge in [0, 0.05) is 6.54 Å². The summed E-state index contributed by atoms with van der Waals surface area (Å²) in [5, 5.41) is 9.88. The second-order valence-electron chi connectivity index (χ2n) is 3.76. The molecule has 0 aliphatic rings. The lowest BCUT2D eigenvalue weighted by Gasteiger charge is -2.09. The van der Waals surface area contributed by atoms with Crippen LogP contribution in [0.25, 0.3) is 0 Å². The van der Waals surface area contributed by atoms with E-state index < -0.39 is 15.8 Å². The number of nitrogens with zero attached hydrogens (tertiary/aromatic N) is 2. The lowest BCUT2D eigenvalue weighted by Crippen LogP contribution is -2.15. The van der Waals surface area contributed by atoms with E-state index in [2.05, 4.69) is 20.2 Å². The molecule has 0 saturated carbocycles. The first-order valence-electron chi connectivity index (χ1n) is 5.35. The summed E-state index contributed by atoms with van der Waals surface area (Å²) in [5.74, 6) is -0.794. The lowest BCUT2D eigenvalue weighted by atomic mass is 10.2. The van der Waals surface area contributed by atoms with Crippen molar-refractivity contribution in [1.82, 2.24) is 15.5 Å². The van der Waals surface area contributed by atoms with Crippen LogP contribution in [-0.2, 0) is 16.6 Å². The summed E-state index contributed by atoms with van der Waals surface area (Å²) >= 11 is 6.81. The molecule has 0 atom stereocenters. The fourth-order valence-corrected chi connectivity index (χ4v) is 3.41. The van der Waals surface area contributed by atoms with Crippen LogP contribution in [0.1, 0.15) is 5.56 Å². The molecule has 0 amide bonds. The number of benzene rings is 1. The van der Waals surface area contributed by atoms with Crippen LogP contribution < -0.4 is 10.0 Å². The molecule has 0 fully saturated rings. The van der Waals surface area contributed by atoms with Gasteiger partial charge in [-0.15, -0.1) is 10.2 Å². The highest BCUT2D eigenvalue weighted by molar-refractivity contribution is 7.93. The van der Waals surface area contributed by atoms with Crippen molar-refractivity contribution in [2.24, 2.45) is 0 Å². The maximum atomic E-state index is 13.7. The molecule has 108 valence electrons. The Morgan fingerprint density at radius 1 is 1.45 bits per heavy atom. The third kappa shape index (κ3) is 3.23. The maximum absolute atomic E-state index is 13.7. The van der Waals surface area contributed by atoms with Crippen LogP contribution in [0, 0.1) is 5.82 Å². The van der Waals surface area contributed by atoms with Gasteiger partial charge in [-0.2, -0.15) is 0 Å². The minimum absolute atomic E-state index is 0.103. The van der Waals surface area contributed by atoms with E-state index in [9.17, 15) is 12.8 Å². The van der Waals surface area contributed by atoms with E-state index in [4.69, 9.17) is 11.6 Å². The standard InChI is InChI=1S/C10H10ClFN4O2S2/c1-13-4-6-2-7(3-8(12)9(6)11)20(17,18)16-10-15-14-5-19-10/h2-3,5,13H,4H2,1H3,(H,15,16). The van der Waals surface area contributed by atoms with Crippen molar-refractivity contribution < 1.29 is 12.8 Å². The fourth-order valence-electron chi connectivity index (χ4n) is 1.48. The average molecular weight is 337 g/mol. The molecule has 0 radical (unpaired) electrons. The van der Waals surface area contributed by atoms with Gasteiger partial charge in [-0.25, -0.2) is 12.8 Å². The lowest BCUT2D eigenvalue weighted by molar-refractivity contribution is 0.593. The molecule has 2 aromatic rings. The molecule has 10 heteroatoms. The molecule has 0 aliphatic carbocycles. The predicted octanol–water partition coefficient (Wildman–Crippen LogP) is 1.85. The number of rotatable bonds is 5. The normalized spacial score (nSPS) is 11.6. The number of anilines is 1. The summed E-state index contributed by atoms with van der Waals surface area (Å²) < 4.78 is 40.1. The van der Waals surface area contributed by atoms with Gasteiger partial charge in [0.05, 0.1) is 9.92 Å². The molecular formula is C10H10ClFN4O2S2. The summed E-state index contributed by atoms with van der Waals surface area (Å²) in [6, 6.07) is 2.18. The zero-order valence-electron chi connectivity index (χ0n) is 10.2. The zero-order valence-corrected chi connectivity index (χ0v) is 12.6. The largest absolute Gasteiger partial charge is 0.316 e. The second-order valence-corrected chi connectivity index (χ2v) is 6.65. The van der Waals surface area contributed by atoms with Gasteiger partial charge in [-0.3, -0.25) is 4.72 Å².